The number of aromatic nitrogens is 1. The van der Waals surface area contributed by atoms with Crippen LogP contribution >= 0.6 is 12.4 Å². The highest BCUT2D eigenvalue weighted by molar-refractivity contribution is 5.85. The van der Waals surface area contributed by atoms with E-state index in [4.69, 9.17) is 10.8 Å². The van der Waals surface area contributed by atoms with Crippen LogP contribution in [0.1, 0.15) is 17.3 Å². The molecule has 0 radical (unpaired) electrons. The summed E-state index contributed by atoms with van der Waals surface area (Å²) in [4.78, 5) is 3.20. The molecule has 1 heterocycles. The van der Waals surface area contributed by atoms with Gasteiger partial charge in [-0.15, -0.1) is 12.4 Å². The van der Waals surface area contributed by atoms with Gasteiger partial charge >= 0.3 is 6.18 Å². The lowest BCUT2D eigenvalue weighted by Crippen LogP contribution is -2.16. The van der Waals surface area contributed by atoms with E-state index in [0.29, 0.717) is 5.56 Å². The van der Waals surface area contributed by atoms with Gasteiger partial charge in [-0.05, 0) is 11.6 Å². The maximum Gasteiger partial charge on any atom is 0.433 e. The Morgan fingerprint density at radius 2 is 2.00 bits per heavy atom. The smallest absolute Gasteiger partial charge is 0.394 e. The van der Waals surface area contributed by atoms with E-state index < -0.39 is 17.9 Å². The third kappa shape index (κ3) is 3.65. The van der Waals surface area contributed by atoms with Crippen LogP contribution in [0, 0.1) is 0 Å². The van der Waals surface area contributed by atoms with Crippen molar-refractivity contribution in [3.63, 3.8) is 0 Å². The Hall–Kier alpha value is -0.850. The van der Waals surface area contributed by atoms with Crippen molar-refractivity contribution in [2.75, 3.05) is 6.61 Å². The summed E-state index contributed by atoms with van der Waals surface area (Å²) in [7, 11) is 0. The number of nitrogens with zero attached hydrogens (tertiary/aromatic N) is 1. The van der Waals surface area contributed by atoms with Gasteiger partial charge < -0.3 is 10.8 Å². The molecule has 86 valence electrons. The predicted octanol–water partition coefficient (Wildman–Crippen LogP) is 1.51. The Kier molecular flexibility index (Phi) is 4.99. The topological polar surface area (TPSA) is 59.1 Å². The Morgan fingerprint density at radius 1 is 1.40 bits per heavy atom. The highest BCUT2D eigenvalue weighted by atomic mass is 35.5. The first-order valence-corrected chi connectivity index (χ1v) is 3.84. The van der Waals surface area contributed by atoms with E-state index in [9.17, 15) is 13.2 Å². The number of pyridine rings is 1. The molecule has 1 aromatic rings. The second kappa shape index (κ2) is 5.29. The Balaban J connectivity index is 0.00000196. The fourth-order valence-corrected chi connectivity index (χ4v) is 0.898. The van der Waals surface area contributed by atoms with E-state index in [-0.39, 0.29) is 19.0 Å². The molecule has 0 saturated heterocycles. The molecule has 7 heteroatoms. The number of alkyl halides is 3. The third-order valence-corrected chi connectivity index (χ3v) is 1.70. The second-order valence-corrected chi connectivity index (χ2v) is 2.76. The molecule has 0 aliphatic rings. The van der Waals surface area contributed by atoms with Crippen molar-refractivity contribution >= 4 is 12.4 Å². The summed E-state index contributed by atoms with van der Waals surface area (Å²) in [6.07, 6.45) is -3.43. The number of hydrogen-bond donors (Lipinski definition) is 2. The highest BCUT2D eigenvalue weighted by Crippen LogP contribution is 2.27. The normalized spacial score (nSPS) is 13.1. The zero-order valence-corrected chi connectivity index (χ0v) is 8.35. The van der Waals surface area contributed by atoms with Crippen molar-refractivity contribution in [2.45, 2.75) is 12.2 Å². The number of aliphatic hydroxyl groups excluding tert-OH is 1. The van der Waals surface area contributed by atoms with Crippen molar-refractivity contribution in [3.8, 4) is 0 Å². The highest BCUT2D eigenvalue weighted by Gasteiger charge is 2.32. The number of hydrogen-bond acceptors (Lipinski definition) is 3. The molecule has 0 amide bonds. The van der Waals surface area contributed by atoms with Crippen LogP contribution in [0.25, 0.3) is 0 Å². The minimum atomic E-state index is -4.44. The first-order valence-electron chi connectivity index (χ1n) is 3.84. The molecular formula is C8H10ClF3N2O. The monoisotopic (exact) mass is 242 g/mol. The van der Waals surface area contributed by atoms with Crippen LogP contribution in [0.4, 0.5) is 13.2 Å². The van der Waals surface area contributed by atoms with E-state index in [2.05, 4.69) is 4.98 Å². The van der Waals surface area contributed by atoms with Crippen LogP contribution in [0.5, 0.6) is 0 Å². The Morgan fingerprint density at radius 3 is 2.33 bits per heavy atom. The second-order valence-electron chi connectivity index (χ2n) is 2.76. The molecule has 0 saturated carbocycles. The first kappa shape index (κ1) is 14.2. The van der Waals surface area contributed by atoms with Crippen LogP contribution in [-0.4, -0.2) is 16.7 Å². The molecule has 0 aliphatic carbocycles. The van der Waals surface area contributed by atoms with Crippen molar-refractivity contribution in [1.82, 2.24) is 4.98 Å². The number of aliphatic hydroxyl groups is 1. The van der Waals surface area contributed by atoms with Gasteiger partial charge in [-0.3, -0.25) is 4.98 Å². The maximum absolute atomic E-state index is 12.1. The van der Waals surface area contributed by atoms with Crippen LogP contribution in [-0.2, 0) is 6.18 Å². The minimum Gasteiger partial charge on any atom is -0.394 e. The van der Waals surface area contributed by atoms with Gasteiger partial charge in [-0.25, -0.2) is 0 Å². The molecule has 0 spiro atoms. The zero-order chi connectivity index (χ0) is 10.8. The van der Waals surface area contributed by atoms with Gasteiger partial charge in [0.2, 0.25) is 0 Å². The zero-order valence-electron chi connectivity index (χ0n) is 7.53. The summed E-state index contributed by atoms with van der Waals surface area (Å²) in [5, 5.41) is 8.64. The van der Waals surface area contributed by atoms with Crippen LogP contribution in [0.2, 0.25) is 0 Å². The molecule has 0 fully saturated rings. The molecule has 0 aliphatic heterocycles. The van der Waals surface area contributed by atoms with Gasteiger partial charge in [0, 0.05) is 6.20 Å². The van der Waals surface area contributed by atoms with Gasteiger partial charge in [-0.1, -0.05) is 6.07 Å². The largest absolute Gasteiger partial charge is 0.433 e. The predicted molar refractivity (Wildman–Crippen MR) is 50.5 cm³/mol. The fraction of sp³-hybridized carbons (Fsp3) is 0.375. The lowest BCUT2D eigenvalue weighted by molar-refractivity contribution is -0.141. The van der Waals surface area contributed by atoms with Gasteiger partial charge in [0.05, 0.1) is 12.6 Å². The van der Waals surface area contributed by atoms with E-state index in [0.717, 1.165) is 12.3 Å². The maximum atomic E-state index is 12.1. The van der Waals surface area contributed by atoms with E-state index in [1.807, 2.05) is 0 Å². The standard InChI is InChI=1S/C8H9F3N2O.ClH/c9-8(10,11)7-2-1-5(3-13-7)6(12)4-14;/h1-3,6,14H,4,12H2;1H/t6-;/m0./s1. The summed E-state index contributed by atoms with van der Waals surface area (Å²) in [5.74, 6) is 0. The van der Waals surface area contributed by atoms with Gasteiger partial charge in [0.15, 0.2) is 0 Å². The van der Waals surface area contributed by atoms with E-state index in [1.54, 1.807) is 0 Å². The molecule has 0 aromatic carbocycles. The molecule has 1 rings (SSSR count). The lowest BCUT2D eigenvalue weighted by atomic mass is 10.1. The SMILES string of the molecule is Cl.N[C@@H](CO)c1ccc(C(F)(F)F)nc1. The van der Waals surface area contributed by atoms with E-state index in [1.165, 1.54) is 6.07 Å². The molecule has 1 aromatic heterocycles. The quantitative estimate of drug-likeness (QED) is 0.827. The summed E-state index contributed by atoms with van der Waals surface area (Å²) < 4.78 is 36.2. The van der Waals surface area contributed by atoms with Gasteiger partial charge in [-0.2, -0.15) is 13.2 Å². The van der Waals surface area contributed by atoms with E-state index >= 15 is 0 Å². The van der Waals surface area contributed by atoms with Gasteiger partial charge in [0.1, 0.15) is 5.69 Å². The van der Waals surface area contributed by atoms with Crippen LogP contribution < -0.4 is 5.73 Å². The van der Waals surface area contributed by atoms with Crippen molar-refractivity contribution in [2.24, 2.45) is 5.73 Å². The molecule has 3 nitrogen and oxygen atoms in total. The van der Waals surface area contributed by atoms with Crippen LogP contribution in [0.3, 0.4) is 0 Å². The average molecular weight is 243 g/mol. The summed E-state index contributed by atoms with van der Waals surface area (Å²) in [5.41, 5.74) is 4.79. The summed E-state index contributed by atoms with van der Waals surface area (Å²) >= 11 is 0. The molecule has 0 bridgehead atoms. The summed E-state index contributed by atoms with van der Waals surface area (Å²) in [6.45, 7) is -0.326. The summed E-state index contributed by atoms with van der Waals surface area (Å²) in [6, 6.07) is 1.35. The van der Waals surface area contributed by atoms with Gasteiger partial charge in [0.25, 0.3) is 0 Å². The number of rotatable bonds is 2. The van der Waals surface area contributed by atoms with Crippen molar-refractivity contribution in [1.29, 1.82) is 0 Å². The molecule has 1 atom stereocenters. The van der Waals surface area contributed by atoms with Crippen molar-refractivity contribution < 1.29 is 18.3 Å². The first-order chi connectivity index (χ1) is 6.45. The number of nitrogens with two attached hydrogens (primary N) is 1. The third-order valence-electron chi connectivity index (χ3n) is 1.70. The molecule has 15 heavy (non-hydrogen) atoms. The minimum absolute atomic E-state index is 0. The molecular weight excluding hydrogens is 233 g/mol. The van der Waals surface area contributed by atoms with Crippen molar-refractivity contribution in [3.05, 3.63) is 29.6 Å². The molecule has 3 N–H and O–H groups in total. The Bertz CT molecular complexity index is 302. The Labute approximate surface area is 90.5 Å². The van der Waals surface area contributed by atoms with Crippen LogP contribution in [0.15, 0.2) is 18.3 Å². The molecule has 0 unspecified atom stereocenters. The number of halogens is 4. The lowest BCUT2D eigenvalue weighted by Gasteiger charge is -2.09. The average Bonchev–Trinajstić information content (AvgIpc) is 2.15. The fourth-order valence-electron chi connectivity index (χ4n) is 0.898.